The first-order chi connectivity index (χ1) is 16.4. The SMILES string of the molecule is Cc1ccccc1CSc1nnc(CNC(=O)c2ccccc2F)n1-c1ccc([N+](=O)[O-])cc1. The van der Waals surface area contributed by atoms with E-state index in [0.717, 1.165) is 11.1 Å². The zero-order valence-electron chi connectivity index (χ0n) is 18.1. The van der Waals surface area contributed by atoms with Crippen LogP contribution in [0.25, 0.3) is 5.69 Å². The maximum Gasteiger partial charge on any atom is 0.269 e. The van der Waals surface area contributed by atoms with Gasteiger partial charge in [-0.2, -0.15) is 0 Å². The lowest BCUT2D eigenvalue weighted by molar-refractivity contribution is -0.384. The molecule has 1 aromatic heterocycles. The van der Waals surface area contributed by atoms with Gasteiger partial charge in [0.25, 0.3) is 11.6 Å². The number of benzene rings is 3. The first-order valence-electron chi connectivity index (χ1n) is 10.3. The van der Waals surface area contributed by atoms with Gasteiger partial charge in [-0.05, 0) is 42.3 Å². The van der Waals surface area contributed by atoms with Crippen molar-refractivity contribution in [3.63, 3.8) is 0 Å². The van der Waals surface area contributed by atoms with Crippen LogP contribution in [0.15, 0.2) is 78.0 Å². The highest BCUT2D eigenvalue weighted by Crippen LogP contribution is 2.27. The number of aryl methyl sites for hydroxylation is 1. The molecule has 4 rings (SSSR count). The summed E-state index contributed by atoms with van der Waals surface area (Å²) >= 11 is 1.46. The van der Waals surface area contributed by atoms with E-state index in [-0.39, 0.29) is 17.8 Å². The van der Waals surface area contributed by atoms with Crippen LogP contribution in [-0.4, -0.2) is 25.6 Å². The molecule has 0 aliphatic heterocycles. The molecule has 0 spiro atoms. The van der Waals surface area contributed by atoms with Gasteiger partial charge in [0.05, 0.1) is 17.0 Å². The van der Waals surface area contributed by atoms with Crippen molar-refractivity contribution < 1.29 is 14.1 Å². The Morgan fingerprint density at radius 1 is 1.06 bits per heavy atom. The summed E-state index contributed by atoms with van der Waals surface area (Å²) in [7, 11) is 0. The Bertz CT molecular complexity index is 1340. The lowest BCUT2D eigenvalue weighted by atomic mass is 10.1. The standard InChI is InChI=1S/C24H20FN5O3S/c1-16-6-2-3-7-17(16)15-34-24-28-27-22(14-26-23(31)20-8-4-5-9-21(20)25)29(24)18-10-12-19(13-11-18)30(32)33/h2-13H,14-15H2,1H3,(H,26,31). The number of carbonyl (C=O) groups is 1. The molecule has 3 aromatic carbocycles. The van der Waals surface area contributed by atoms with E-state index in [1.54, 1.807) is 22.8 Å². The second-order valence-electron chi connectivity index (χ2n) is 7.39. The number of nitro benzene ring substituents is 1. The Morgan fingerprint density at radius 2 is 1.76 bits per heavy atom. The molecule has 10 heteroatoms. The van der Waals surface area contributed by atoms with Crippen molar-refractivity contribution in [1.29, 1.82) is 0 Å². The van der Waals surface area contributed by atoms with Crippen LogP contribution in [0.2, 0.25) is 0 Å². The Labute approximate surface area is 199 Å². The van der Waals surface area contributed by atoms with Crippen molar-refractivity contribution in [2.75, 3.05) is 0 Å². The van der Waals surface area contributed by atoms with Crippen LogP contribution in [-0.2, 0) is 12.3 Å². The topological polar surface area (TPSA) is 103 Å². The van der Waals surface area contributed by atoms with E-state index in [1.807, 2.05) is 31.2 Å². The number of carbonyl (C=O) groups excluding carboxylic acids is 1. The molecule has 0 bridgehead atoms. The van der Waals surface area contributed by atoms with Crippen molar-refractivity contribution in [3.05, 3.63) is 111 Å². The molecule has 0 aliphatic carbocycles. The molecule has 0 saturated carbocycles. The van der Waals surface area contributed by atoms with Crippen LogP contribution in [0, 0.1) is 22.9 Å². The fourth-order valence-corrected chi connectivity index (χ4v) is 4.35. The van der Waals surface area contributed by atoms with Crippen LogP contribution in [0.5, 0.6) is 0 Å². The lowest BCUT2D eigenvalue weighted by Gasteiger charge is -2.12. The molecule has 0 radical (unpaired) electrons. The normalized spacial score (nSPS) is 10.8. The maximum absolute atomic E-state index is 14.0. The van der Waals surface area contributed by atoms with Crippen molar-refractivity contribution in [3.8, 4) is 5.69 Å². The third-order valence-electron chi connectivity index (χ3n) is 5.16. The Kier molecular flexibility index (Phi) is 6.98. The Hall–Kier alpha value is -4.05. The zero-order valence-corrected chi connectivity index (χ0v) is 19.0. The minimum atomic E-state index is -0.619. The molecule has 0 fully saturated rings. The molecule has 0 saturated heterocycles. The van der Waals surface area contributed by atoms with E-state index in [2.05, 4.69) is 15.5 Å². The number of nitrogens with zero attached hydrogens (tertiary/aromatic N) is 4. The first-order valence-corrected chi connectivity index (χ1v) is 11.3. The van der Waals surface area contributed by atoms with Gasteiger partial charge in [-0.3, -0.25) is 19.5 Å². The molecule has 172 valence electrons. The largest absolute Gasteiger partial charge is 0.345 e. The van der Waals surface area contributed by atoms with Gasteiger partial charge in [-0.25, -0.2) is 4.39 Å². The number of non-ortho nitro benzene ring substituents is 1. The second-order valence-corrected chi connectivity index (χ2v) is 8.33. The molecule has 8 nitrogen and oxygen atoms in total. The summed E-state index contributed by atoms with van der Waals surface area (Å²) in [5.74, 6) is -0.151. The summed E-state index contributed by atoms with van der Waals surface area (Å²) in [5.41, 5.74) is 2.78. The highest BCUT2D eigenvalue weighted by atomic mass is 32.2. The molecule has 0 atom stereocenters. The summed E-state index contributed by atoms with van der Waals surface area (Å²) in [6, 6.07) is 19.7. The number of rotatable bonds is 8. The van der Waals surface area contributed by atoms with Gasteiger partial charge in [0.1, 0.15) is 5.82 Å². The van der Waals surface area contributed by atoms with Crippen molar-refractivity contribution in [1.82, 2.24) is 20.1 Å². The van der Waals surface area contributed by atoms with Crippen LogP contribution < -0.4 is 5.32 Å². The molecule has 4 aromatic rings. The van der Waals surface area contributed by atoms with E-state index < -0.39 is 16.6 Å². The summed E-state index contributed by atoms with van der Waals surface area (Å²) in [4.78, 5) is 23.1. The summed E-state index contributed by atoms with van der Waals surface area (Å²) in [6.07, 6.45) is 0. The van der Waals surface area contributed by atoms with Gasteiger partial charge in [-0.1, -0.05) is 48.2 Å². The second kappa shape index (κ2) is 10.3. The lowest BCUT2D eigenvalue weighted by Crippen LogP contribution is -2.25. The highest BCUT2D eigenvalue weighted by Gasteiger charge is 2.18. The van der Waals surface area contributed by atoms with E-state index in [1.165, 1.54) is 42.1 Å². The number of nitrogens with one attached hydrogen (secondary N) is 1. The van der Waals surface area contributed by atoms with Crippen LogP contribution in [0.4, 0.5) is 10.1 Å². The van der Waals surface area contributed by atoms with E-state index in [0.29, 0.717) is 22.4 Å². The van der Waals surface area contributed by atoms with Crippen LogP contribution >= 0.6 is 11.8 Å². The monoisotopic (exact) mass is 477 g/mol. The zero-order chi connectivity index (χ0) is 24.1. The van der Waals surface area contributed by atoms with Gasteiger partial charge in [-0.15, -0.1) is 10.2 Å². The fraction of sp³-hybridized carbons (Fsp3) is 0.125. The third kappa shape index (κ3) is 5.12. The summed E-state index contributed by atoms with van der Waals surface area (Å²) in [5, 5.41) is 22.8. The van der Waals surface area contributed by atoms with Crippen molar-refractivity contribution in [2.24, 2.45) is 0 Å². The number of hydrogen-bond donors (Lipinski definition) is 1. The smallest absolute Gasteiger partial charge is 0.269 e. The summed E-state index contributed by atoms with van der Waals surface area (Å²) < 4.78 is 15.7. The Balaban J connectivity index is 1.61. The average molecular weight is 478 g/mol. The first kappa shape index (κ1) is 23.1. The Morgan fingerprint density at radius 3 is 2.47 bits per heavy atom. The van der Waals surface area contributed by atoms with Gasteiger partial charge in [0.2, 0.25) is 0 Å². The van der Waals surface area contributed by atoms with Crippen LogP contribution in [0.1, 0.15) is 27.3 Å². The third-order valence-corrected chi connectivity index (χ3v) is 6.14. The predicted octanol–water partition coefficient (Wildman–Crippen LogP) is 4.85. The summed E-state index contributed by atoms with van der Waals surface area (Å²) in [6.45, 7) is 2.02. The molecule has 34 heavy (non-hydrogen) atoms. The number of nitro groups is 1. The molecule has 1 amide bonds. The van der Waals surface area contributed by atoms with Crippen molar-refractivity contribution in [2.45, 2.75) is 24.4 Å². The van der Waals surface area contributed by atoms with E-state index in [9.17, 15) is 19.3 Å². The quantitative estimate of drug-likeness (QED) is 0.221. The average Bonchev–Trinajstić information content (AvgIpc) is 3.25. The number of aromatic nitrogens is 3. The maximum atomic E-state index is 14.0. The number of hydrogen-bond acceptors (Lipinski definition) is 6. The molecule has 0 aliphatic rings. The van der Waals surface area contributed by atoms with E-state index >= 15 is 0 Å². The molecule has 1 N–H and O–H groups in total. The van der Waals surface area contributed by atoms with Crippen LogP contribution in [0.3, 0.4) is 0 Å². The molecular weight excluding hydrogens is 457 g/mol. The van der Waals surface area contributed by atoms with Gasteiger partial charge in [0.15, 0.2) is 11.0 Å². The van der Waals surface area contributed by atoms with Gasteiger partial charge < -0.3 is 5.32 Å². The minimum absolute atomic E-state index is 0.0118. The van der Waals surface area contributed by atoms with Crippen molar-refractivity contribution >= 4 is 23.4 Å². The van der Waals surface area contributed by atoms with Gasteiger partial charge in [0, 0.05) is 23.6 Å². The van der Waals surface area contributed by atoms with E-state index in [4.69, 9.17) is 0 Å². The number of halogens is 1. The minimum Gasteiger partial charge on any atom is -0.345 e. The predicted molar refractivity (Wildman–Crippen MR) is 126 cm³/mol. The van der Waals surface area contributed by atoms with Gasteiger partial charge >= 0.3 is 0 Å². The molecule has 1 heterocycles. The number of thioether (sulfide) groups is 1. The number of amides is 1. The molecule has 0 unspecified atom stereocenters. The fourth-order valence-electron chi connectivity index (χ4n) is 3.31. The highest BCUT2D eigenvalue weighted by molar-refractivity contribution is 7.98. The molecular formula is C24H20FN5O3S.